The number of carbonyl (C=O) groups is 1. The predicted octanol–water partition coefficient (Wildman–Crippen LogP) is 1.15. The SMILES string of the molecule is Cc1ccccc1CN1CCN(C(=O)C2(N)CCOCC2)CC1. The Kier molecular flexibility index (Phi) is 4.99. The van der Waals surface area contributed by atoms with Gasteiger partial charge in [0.2, 0.25) is 5.91 Å². The number of hydrogen-bond donors (Lipinski definition) is 1. The number of carbonyl (C=O) groups excluding carboxylic acids is 1. The van der Waals surface area contributed by atoms with Crippen LogP contribution < -0.4 is 5.73 Å². The number of nitrogens with zero attached hydrogens (tertiary/aromatic N) is 2. The Morgan fingerprint density at radius 1 is 1.17 bits per heavy atom. The molecule has 2 heterocycles. The van der Waals surface area contributed by atoms with Crippen LogP contribution in [0, 0.1) is 6.92 Å². The van der Waals surface area contributed by atoms with Gasteiger partial charge in [-0.3, -0.25) is 9.69 Å². The Bertz CT molecular complexity index is 547. The number of aryl methyl sites for hydroxylation is 1. The van der Waals surface area contributed by atoms with E-state index in [0.29, 0.717) is 26.1 Å². The Balaban J connectivity index is 1.54. The van der Waals surface area contributed by atoms with Gasteiger partial charge in [-0.25, -0.2) is 0 Å². The summed E-state index contributed by atoms with van der Waals surface area (Å²) in [5.41, 5.74) is 8.31. The quantitative estimate of drug-likeness (QED) is 0.908. The van der Waals surface area contributed by atoms with Gasteiger partial charge in [0.1, 0.15) is 0 Å². The second-order valence-corrected chi connectivity index (χ2v) is 6.76. The minimum Gasteiger partial charge on any atom is -0.381 e. The molecule has 2 N–H and O–H groups in total. The molecule has 1 aromatic rings. The third kappa shape index (κ3) is 3.74. The van der Waals surface area contributed by atoms with E-state index in [2.05, 4.69) is 36.1 Å². The van der Waals surface area contributed by atoms with Crippen molar-refractivity contribution in [3.8, 4) is 0 Å². The highest BCUT2D eigenvalue weighted by molar-refractivity contribution is 5.86. The highest BCUT2D eigenvalue weighted by Crippen LogP contribution is 2.22. The summed E-state index contributed by atoms with van der Waals surface area (Å²) in [6.07, 6.45) is 1.27. The molecule has 1 aromatic carbocycles. The zero-order chi connectivity index (χ0) is 16.3. The standard InChI is InChI=1S/C18H27N3O2/c1-15-4-2-3-5-16(15)14-20-8-10-21(11-9-20)17(22)18(19)6-12-23-13-7-18/h2-5H,6-14,19H2,1H3. The molecule has 0 saturated carbocycles. The van der Waals surface area contributed by atoms with Crippen LogP contribution in [0.3, 0.4) is 0 Å². The van der Waals surface area contributed by atoms with Crippen LogP contribution in [-0.4, -0.2) is 60.6 Å². The summed E-state index contributed by atoms with van der Waals surface area (Å²) >= 11 is 0. The van der Waals surface area contributed by atoms with E-state index < -0.39 is 5.54 Å². The molecular formula is C18H27N3O2. The first-order valence-electron chi connectivity index (χ1n) is 8.51. The molecule has 2 aliphatic heterocycles. The summed E-state index contributed by atoms with van der Waals surface area (Å²) in [6.45, 7) is 7.65. The minimum absolute atomic E-state index is 0.108. The normalized spacial score (nSPS) is 22.1. The van der Waals surface area contributed by atoms with E-state index >= 15 is 0 Å². The van der Waals surface area contributed by atoms with E-state index in [1.54, 1.807) is 0 Å². The molecule has 126 valence electrons. The van der Waals surface area contributed by atoms with Crippen molar-refractivity contribution < 1.29 is 9.53 Å². The Morgan fingerprint density at radius 2 is 1.83 bits per heavy atom. The van der Waals surface area contributed by atoms with Gasteiger partial charge in [-0.15, -0.1) is 0 Å². The average Bonchev–Trinajstić information content (AvgIpc) is 2.58. The van der Waals surface area contributed by atoms with Crippen molar-refractivity contribution in [2.45, 2.75) is 31.8 Å². The van der Waals surface area contributed by atoms with Gasteiger partial charge < -0.3 is 15.4 Å². The van der Waals surface area contributed by atoms with Gasteiger partial charge in [-0.05, 0) is 30.9 Å². The molecule has 5 nitrogen and oxygen atoms in total. The van der Waals surface area contributed by atoms with E-state index in [9.17, 15) is 4.79 Å². The van der Waals surface area contributed by atoms with E-state index in [-0.39, 0.29) is 5.91 Å². The van der Waals surface area contributed by atoms with Gasteiger partial charge in [0, 0.05) is 45.9 Å². The Labute approximate surface area is 138 Å². The number of amides is 1. The molecule has 3 rings (SSSR count). The van der Waals surface area contributed by atoms with Crippen molar-refractivity contribution >= 4 is 5.91 Å². The van der Waals surface area contributed by atoms with Crippen LogP contribution in [0.5, 0.6) is 0 Å². The van der Waals surface area contributed by atoms with Gasteiger partial charge in [0.25, 0.3) is 0 Å². The molecule has 2 saturated heterocycles. The fourth-order valence-electron chi connectivity index (χ4n) is 3.40. The fraction of sp³-hybridized carbons (Fsp3) is 0.611. The van der Waals surface area contributed by atoms with Crippen LogP contribution in [0.1, 0.15) is 24.0 Å². The summed E-state index contributed by atoms with van der Waals surface area (Å²) in [4.78, 5) is 17.1. The van der Waals surface area contributed by atoms with Crippen LogP contribution in [-0.2, 0) is 16.1 Å². The lowest BCUT2D eigenvalue weighted by Gasteiger charge is -2.41. The molecule has 5 heteroatoms. The first-order chi connectivity index (χ1) is 11.1. The summed E-state index contributed by atoms with van der Waals surface area (Å²) in [5.74, 6) is 0.108. The molecule has 23 heavy (non-hydrogen) atoms. The van der Waals surface area contributed by atoms with Crippen molar-refractivity contribution in [2.75, 3.05) is 39.4 Å². The third-order valence-corrected chi connectivity index (χ3v) is 5.13. The van der Waals surface area contributed by atoms with E-state index in [1.807, 2.05) is 4.90 Å². The lowest BCUT2D eigenvalue weighted by Crippen LogP contribution is -2.61. The maximum atomic E-state index is 12.7. The molecular weight excluding hydrogens is 290 g/mol. The van der Waals surface area contributed by atoms with E-state index in [0.717, 1.165) is 32.7 Å². The number of benzene rings is 1. The highest BCUT2D eigenvalue weighted by atomic mass is 16.5. The summed E-state index contributed by atoms with van der Waals surface area (Å²) in [6, 6.07) is 8.50. The second kappa shape index (κ2) is 6.99. The molecule has 0 radical (unpaired) electrons. The van der Waals surface area contributed by atoms with Crippen molar-refractivity contribution in [1.82, 2.24) is 9.80 Å². The first kappa shape index (κ1) is 16.4. The maximum absolute atomic E-state index is 12.7. The Hall–Kier alpha value is -1.43. The van der Waals surface area contributed by atoms with E-state index in [4.69, 9.17) is 10.5 Å². The van der Waals surface area contributed by atoms with E-state index in [1.165, 1.54) is 11.1 Å². The largest absolute Gasteiger partial charge is 0.381 e. The third-order valence-electron chi connectivity index (χ3n) is 5.13. The summed E-state index contributed by atoms with van der Waals surface area (Å²) in [7, 11) is 0. The van der Waals surface area contributed by atoms with Crippen molar-refractivity contribution in [3.05, 3.63) is 35.4 Å². The van der Waals surface area contributed by atoms with Crippen LogP contribution in [0.25, 0.3) is 0 Å². The number of rotatable bonds is 3. The first-order valence-corrected chi connectivity index (χ1v) is 8.51. The van der Waals surface area contributed by atoms with Crippen LogP contribution in [0.2, 0.25) is 0 Å². The zero-order valence-electron chi connectivity index (χ0n) is 14.0. The Morgan fingerprint density at radius 3 is 2.48 bits per heavy atom. The molecule has 0 aromatic heterocycles. The number of nitrogens with two attached hydrogens (primary N) is 1. The number of piperazine rings is 1. The average molecular weight is 317 g/mol. The van der Waals surface area contributed by atoms with Gasteiger partial charge in [0.05, 0.1) is 5.54 Å². The molecule has 0 atom stereocenters. The van der Waals surface area contributed by atoms with Gasteiger partial charge in [-0.1, -0.05) is 24.3 Å². The van der Waals surface area contributed by atoms with Crippen LogP contribution in [0.4, 0.5) is 0 Å². The zero-order valence-corrected chi connectivity index (χ0v) is 14.0. The van der Waals surface area contributed by atoms with Crippen molar-refractivity contribution in [2.24, 2.45) is 5.73 Å². The van der Waals surface area contributed by atoms with Gasteiger partial charge >= 0.3 is 0 Å². The number of ether oxygens (including phenoxy) is 1. The molecule has 0 unspecified atom stereocenters. The highest BCUT2D eigenvalue weighted by Gasteiger charge is 2.39. The smallest absolute Gasteiger partial charge is 0.242 e. The van der Waals surface area contributed by atoms with Crippen LogP contribution >= 0.6 is 0 Å². The fourth-order valence-corrected chi connectivity index (χ4v) is 3.40. The van der Waals surface area contributed by atoms with Crippen LogP contribution in [0.15, 0.2) is 24.3 Å². The molecule has 0 aliphatic carbocycles. The molecule has 1 amide bonds. The minimum atomic E-state index is -0.712. The predicted molar refractivity (Wildman–Crippen MR) is 90.0 cm³/mol. The van der Waals surface area contributed by atoms with Crippen molar-refractivity contribution in [1.29, 1.82) is 0 Å². The molecule has 2 aliphatic rings. The molecule has 0 bridgehead atoms. The lowest BCUT2D eigenvalue weighted by molar-refractivity contribution is -0.142. The molecule has 0 spiro atoms. The molecule has 2 fully saturated rings. The lowest BCUT2D eigenvalue weighted by atomic mass is 9.89. The summed E-state index contributed by atoms with van der Waals surface area (Å²) < 4.78 is 5.34. The van der Waals surface area contributed by atoms with Gasteiger partial charge in [-0.2, -0.15) is 0 Å². The topological polar surface area (TPSA) is 58.8 Å². The van der Waals surface area contributed by atoms with Crippen molar-refractivity contribution in [3.63, 3.8) is 0 Å². The second-order valence-electron chi connectivity index (χ2n) is 6.76. The maximum Gasteiger partial charge on any atom is 0.242 e. The summed E-state index contributed by atoms with van der Waals surface area (Å²) in [5, 5.41) is 0. The monoisotopic (exact) mass is 317 g/mol. The number of hydrogen-bond acceptors (Lipinski definition) is 4. The van der Waals surface area contributed by atoms with Gasteiger partial charge in [0.15, 0.2) is 0 Å².